The maximum atomic E-state index is 12.7. The SMILES string of the molecule is CCN(CC)C(=O)c1ccc([C@](C)(O)CN2CCN(c3ccc(C#N)cc3Cl)[C@H](c3ccc(Cl)cc3)C2)cc1. The Morgan fingerprint density at radius 3 is 2.31 bits per heavy atom. The molecule has 8 heteroatoms. The van der Waals surface area contributed by atoms with Gasteiger partial charge in [0.15, 0.2) is 0 Å². The predicted molar refractivity (Wildman–Crippen MR) is 157 cm³/mol. The van der Waals surface area contributed by atoms with Crippen molar-refractivity contribution in [2.24, 2.45) is 0 Å². The van der Waals surface area contributed by atoms with Crippen molar-refractivity contribution in [3.05, 3.63) is 99.0 Å². The Bertz CT molecular complexity index is 1330. The van der Waals surface area contributed by atoms with Crippen LogP contribution in [0.25, 0.3) is 0 Å². The molecule has 204 valence electrons. The maximum Gasteiger partial charge on any atom is 0.253 e. The van der Waals surface area contributed by atoms with Crippen LogP contribution in [0.4, 0.5) is 5.69 Å². The lowest BCUT2D eigenvalue weighted by molar-refractivity contribution is 0.0102. The van der Waals surface area contributed by atoms with Crippen molar-refractivity contribution >= 4 is 34.8 Å². The van der Waals surface area contributed by atoms with Crippen molar-refractivity contribution in [1.82, 2.24) is 9.80 Å². The molecule has 1 amide bonds. The number of anilines is 1. The lowest BCUT2D eigenvalue weighted by atomic mass is 9.93. The van der Waals surface area contributed by atoms with Gasteiger partial charge in [0, 0.05) is 49.9 Å². The van der Waals surface area contributed by atoms with Gasteiger partial charge in [0.2, 0.25) is 0 Å². The Labute approximate surface area is 241 Å². The van der Waals surface area contributed by atoms with Gasteiger partial charge in [-0.1, -0.05) is 47.5 Å². The number of benzene rings is 3. The van der Waals surface area contributed by atoms with Crippen molar-refractivity contribution in [2.75, 3.05) is 44.2 Å². The van der Waals surface area contributed by atoms with Crippen LogP contribution >= 0.6 is 23.2 Å². The molecule has 0 aromatic heterocycles. The molecular weight excluding hydrogens is 531 g/mol. The quantitative estimate of drug-likeness (QED) is 0.357. The summed E-state index contributed by atoms with van der Waals surface area (Å²) in [6.45, 7) is 9.55. The first-order chi connectivity index (χ1) is 18.7. The second kappa shape index (κ2) is 12.4. The highest BCUT2D eigenvalue weighted by molar-refractivity contribution is 6.33. The number of hydrogen-bond acceptors (Lipinski definition) is 5. The molecule has 2 atom stereocenters. The summed E-state index contributed by atoms with van der Waals surface area (Å²) in [4.78, 5) is 19.0. The van der Waals surface area contributed by atoms with Crippen LogP contribution in [-0.2, 0) is 5.60 Å². The summed E-state index contributed by atoms with van der Waals surface area (Å²) in [6, 6.07) is 22.6. The number of hydrogen-bond donors (Lipinski definition) is 1. The summed E-state index contributed by atoms with van der Waals surface area (Å²) < 4.78 is 0. The van der Waals surface area contributed by atoms with Crippen molar-refractivity contribution < 1.29 is 9.90 Å². The molecule has 39 heavy (non-hydrogen) atoms. The molecule has 0 unspecified atom stereocenters. The number of carbonyl (C=O) groups is 1. The van der Waals surface area contributed by atoms with Crippen molar-refractivity contribution in [2.45, 2.75) is 32.4 Å². The first-order valence-corrected chi connectivity index (χ1v) is 14.0. The molecular formula is C31H34Cl2N4O2. The van der Waals surface area contributed by atoms with Crippen LogP contribution in [0.15, 0.2) is 66.7 Å². The van der Waals surface area contributed by atoms with Gasteiger partial charge < -0.3 is 14.9 Å². The van der Waals surface area contributed by atoms with E-state index in [1.54, 1.807) is 29.2 Å². The van der Waals surface area contributed by atoms with Crippen LogP contribution in [0.3, 0.4) is 0 Å². The molecule has 1 saturated heterocycles. The molecule has 0 saturated carbocycles. The molecule has 3 aromatic carbocycles. The van der Waals surface area contributed by atoms with E-state index in [-0.39, 0.29) is 11.9 Å². The molecule has 1 fully saturated rings. The molecule has 1 heterocycles. The number of piperazine rings is 1. The maximum absolute atomic E-state index is 12.7. The second-order valence-electron chi connectivity index (χ2n) is 10.1. The van der Waals surface area contributed by atoms with E-state index in [1.165, 1.54) is 0 Å². The van der Waals surface area contributed by atoms with Gasteiger partial charge in [-0.2, -0.15) is 5.26 Å². The third-order valence-corrected chi connectivity index (χ3v) is 8.00. The summed E-state index contributed by atoms with van der Waals surface area (Å²) in [5, 5.41) is 22.0. The van der Waals surface area contributed by atoms with E-state index >= 15 is 0 Å². The fourth-order valence-corrected chi connectivity index (χ4v) is 5.66. The zero-order valence-electron chi connectivity index (χ0n) is 22.6. The van der Waals surface area contributed by atoms with E-state index in [0.29, 0.717) is 53.9 Å². The molecule has 1 aliphatic heterocycles. The fourth-order valence-electron chi connectivity index (χ4n) is 5.24. The standard InChI is InChI=1S/C31H34Cl2N4O2/c1-4-36(5-2)30(38)24-7-11-25(12-8-24)31(3,39)21-35-16-17-37(28-15-6-22(19-34)18-27(28)33)29(20-35)23-9-13-26(32)14-10-23/h6-15,18,29,39H,4-5,16-17,20-21H2,1-3H3/t29-,31+/m0/s1. The highest BCUT2D eigenvalue weighted by Gasteiger charge is 2.34. The number of β-amino-alcohol motifs (C(OH)–C–C–N with tert-alkyl or cyclic N) is 1. The van der Waals surface area contributed by atoms with Crippen LogP contribution in [0.5, 0.6) is 0 Å². The van der Waals surface area contributed by atoms with E-state index in [1.807, 2.05) is 63.2 Å². The molecule has 0 radical (unpaired) electrons. The minimum Gasteiger partial charge on any atom is -0.384 e. The van der Waals surface area contributed by atoms with Crippen LogP contribution in [-0.4, -0.2) is 60.1 Å². The van der Waals surface area contributed by atoms with Gasteiger partial charge in [-0.25, -0.2) is 0 Å². The Hall–Kier alpha value is -3.08. The van der Waals surface area contributed by atoms with E-state index in [2.05, 4.69) is 15.9 Å². The van der Waals surface area contributed by atoms with Gasteiger partial charge in [0.25, 0.3) is 5.91 Å². The molecule has 0 bridgehead atoms. The minimum atomic E-state index is -1.12. The summed E-state index contributed by atoms with van der Waals surface area (Å²) in [5.41, 5.74) is 2.74. The first kappa shape index (κ1) is 28.9. The second-order valence-corrected chi connectivity index (χ2v) is 10.9. The van der Waals surface area contributed by atoms with E-state index < -0.39 is 5.60 Å². The highest BCUT2D eigenvalue weighted by Crippen LogP contribution is 2.37. The van der Waals surface area contributed by atoms with Gasteiger partial charge in [-0.15, -0.1) is 0 Å². The topological polar surface area (TPSA) is 70.8 Å². The van der Waals surface area contributed by atoms with Crippen LogP contribution in [0.1, 0.15) is 53.9 Å². The molecule has 1 aliphatic rings. The average Bonchev–Trinajstić information content (AvgIpc) is 2.94. The Kier molecular flexibility index (Phi) is 9.19. The summed E-state index contributed by atoms with van der Waals surface area (Å²) in [7, 11) is 0. The summed E-state index contributed by atoms with van der Waals surface area (Å²) >= 11 is 12.8. The van der Waals surface area contributed by atoms with Crippen molar-refractivity contribution in [3.8, 4) is 6.07 Å². The zero-order valence-corrected chi connectivity index (χ0v) is 24.1. The van der Waals surface area contributed by atoms with Crippen LogP contribution in [0, 0.1) is 11.3 Å². The monoisotopic (exact) mass is 564 g/mol. The third kappa shape index (κ3) is 6.57. The zero-order chi connectivity index (χ0) is 28.2. The van der Waals surface area contributed by atoms with Crippen LogP contribution < -0.4 is 4.90 Å². The molecule has 3 aromatic rings. The lowest BCUT2D eigenvalue weighted by Gasteiger charge is -2.45. The normalized spacial score (nSPS) is 17.4. The van der Waals surface area contributed by atoms with Gasteiger partial charge in [-0.05, 0) is 74.4 Å². The van der Waals surface area contributed by atoms with Gasteiger partial charge >= 0.3 is 0 Å². The molecule has 0 aliphatic carbocycles. The summed E-state index contributed by atoms with van der Waals surface area (Å²) in [5.74, 6) is -0.00501. The number of halogens is 2. The molecule has 6 nitrogen and oxygen atoms in total. The number of aliphatic hydroxyl groups is 1. The Balaban J connectivity index is 1.55. The Morgan fingerprint density at radius 1 is 1.05 bits per heavy atom. The average molecular weight is 566 g/mol. The smallest absolute Gasteiger partial charge is 0.253 e. The van der Waals surface area contributed by atoms with Gasteiger partial charge in [0.05, 0.1) is 34.0 Å². The Morgan fingerprint density at radius 2 is 1.72 bits per heavy atom. The highest BCUT2D eigenvalue weighted by atomic mass is 35.5. The molecule has 1 N–H and O–H groups in total. The number of nitriles is 1. The summed E-state index contributed by atoms with van der Waals surface area (Å²) in [6.07, 6.45) is 0. The third-order valence-electron chi connectivity index (χ3n) is 7.44. The molecule has 0 spiro atoms. The largest absolute Gasteiger partial charge is 0.384 e. The van der Waals surface area contributed by atoms with Gasteiger partial charge in [-0.3, -0.25) is 9.69 Å². The number of amides is 1. The van der Waals surface area contributed by atoms with E-state index in [4.69, 9.17) is 23.2 Å². The first-order valence-electron chi connectivity index (χ1n) is 13.2. The number of nitrogens with zero attached hydrogens (tertiary/aromatic N) is 4. The van der Waals surface area contributed by atoms with Crippen molar-refractivity contribution in [3.63, 3.8) is 0 Å². The number of rotatable bonds is 8. The minimum absolute atomic E-state index is 0.00501. The van der Waals surface area contributed by atoms with Gasteiger partial charge in [0.1, 0.15) is 0 Å². The van der Waals surface area contributed by atoms with E-state index in [9.17, 15) is 15.2 Å². The predicted octanol–water partition coefficient (Wildman–Crippen LogP) is 6.12. The van der Waals surface area contributed by atoms with E-state index in [0.717, 1.165) is 23.4 Å². The number of carbonyl (C=O) groups excluding carboxylic acids is 1. The lowest BCUT2D eigenvalue weighted by Crippen LogP contribution is -2.52. The fraction of sp³-hybridized carbons (Fsp3) is 0.355. The van der Waals surface area contributed by atoms with Crippen LogP contribution in [0.2, 0.25) is 10.0 Å². The van der Waals surface area contributed by atoms with Crippen molar-refractivity contribution in [1.29, 1.82) is 5.26 Å². The molecule has 4 rings (SSSR count).